The Morgan fingerprint density at radius 3 is 2.48 bits per heavy atom. The van der Waals surface area contributed by atoms with Crippen LogP contribution in [0.3, 0.4) is 0 Å². The molecule has 0 saturated carbocycles. The standard InChI is InChI=1S/C20H36N6OS.HI/c1-3-24-8-10-25(11-9-24)7-6-22-20(21-2)23-17-18(19-5-4-16-28-19)26-12-14-27-15-13-26;/h4-5,16,18H,3,6-15,17H2,1-2H3,(H2,21,22,23);1H. The summed E-state index contributed by atoms with van der Waals surface area (Å²) in [5.74, 6) is 0.891. The van der Waals surface area contributed by atoms with Crippen molar-refractivity contribution in [3.8, 4) is 0 Å². The van der Waals surface area contributed by atoms with E-state index >= 15 is 0 Å². The molecule has 29 heavy (non-hydrogen) atoms. The number of halogens is 1. The third-order valence-electron chi connectivity index (χ3n) is 5.68. The molecule has 0 aromatic carbocycles. The molecule has 2 aliphatic rings. The van der Waals surface area contributed by atoms with E-state index in [-0.39, 0.29) is 24.0 Å². The Morgan fingerprint density at radius 2 is 1.86 bits per heavy atom. The number of hydrogen-bond donors (Lipinski definition) is 2. The lowest BCUT2D eigenvalue weighted by atomic mass is 10.2. The first kappa shape index (κ1) is 24.8. The molecular formula is C20H37IN6OS. The molecule has 9 heteroatoms. The van der Waals surface area contributed by atoms with E-state index < -0.39 is 0 Å². The molecule has 166 valence electrons. The number of guanidine groups is 1. The molecule has 1 aromatic rings. The lowest BCUT2D eigenvalue weighted by Crippen LogP contribution is -2.50. The third kappa shape index (κ3) is 7.95. The van der Waals surface area contributed by atoms with Gasteiger partial charge in [-0.05, 0) is 18.0 Å². The average Bonchev–Trinajstić information content (AvgIpc) is 3.28. The largest absolute Gasteiger partial charge is 0.379 e. The highest BCUT2D eigenvalue weighted by atomic mass is 127. The van der Waals surface area contributed by atoms with Crippen molar-refractivity contribution < 1.29 is 4.74 Å². The van der Waals surface area contributed by atoms with E-state index in [9.17, 15) is 0 Å². The smallest absolute Gasteiger partial charge is 0.191 e. The molecule has 2 aliphatic heterocycles. The van der Waals surface area contributed by atoms with Crippen molar-refractivity contribution in [3.63, 3.8) is 0 Å². The Kier molecular flexibility index (Phi) is 11.8. The topological polar surface area (TPSA) is 55.4 Å². The molecule has 1 aromatic heterocycles. The van der Waals surface area contributed by atoms with Gasteiger partial charge in [-0.25, -0.2) is 0 Å². The second kappa shape index (κ2) is 13.8. The number of hydrogen-bond acceptors (Lipinski definition) is 6. The van der Waals surface area contributed by atoms with Crippen molar-refractivity contribution >= 4 is 41.3 Å². The van der Waals surface area contributed by atoms with Gasteiger partial charge in [0.05, 0.1) is 19.3 Å². The van der Waals surface area contributed by atoms with Gasteiger partial charge in [0.1, 0.15) is 0 Å². The molecule has 3 heterocycles. The van der Waals surface area contributed by atoms with Crippen LogP contribution in [-0.4, -0.2) is 106 Å². The van der Waals surface area contributed by atoms with Crippen molar-refractivity contribution in [2.24, 2.45) is 4.99 Å². The number of rotatable bonds is 8. The Hall–Kier alpha value is -0.460. The molecule has 2 saturated heterocycles. The zero-order chi connectivity index (χ0) is 19.6. The Morgan fingerprint density at radius 1 is 1.14 bits per heavy atom. The minimum absolute atomic E-state index is 0. The van der Waals surface area contributed by atoms with Crippen LogP contribution in [-0.2, 0) is 4.74 Å². The second-order valence-electron chi connectivity index (χ2n) is 7.34. The first-order valence-corrected chi connectivity index (χ1v) is 11.4. The second-order valence-corrected chi connectivity index (χ2v) is 8.31. The number of thiophene rings is 1. The zero-order valence-electron chi connectivity index (χ0n) is 17.8. The summed E-state index contributed by atoms with van der Waals surface area (Å²) in [6.45, 7) is 14.6. The van der Waals surface area contributed by atoms with Gasteiger partial charge in [-0.2, -0.15) is 0 Å². The van der Waals surface area contributed by atoms with E-state index in [1.807, 2.05) is 18.4 Å². The molecule has 1 atom stereocenters. The number of nitrogens with zero attached hydrogens (tertiary/aromatic N) is 4. The number of aliphatic imine (C=N–C) groups is 1. The average molecular weight is 537 g/mol. The number of ether oxygens (including phenoxy) is 1. The first-order valence-electron chi connectivity index (χ1n) is 10.5. The van der Waals surface area contributed by atoms with Crippen molar-refractivity contribution in [1.29, 1.82) is 0 Å². The van der Waals surface area contributed by atoms with Gasteiger partial charge >= 0.3 is 0 Å². The van der Waals surface area contributed by atoms with Crippen LogP contribution in [0.5, 0.6) is 0 Å². The Balaban J connectivity index is 0.00000300. The van der Waals surface area contributed by atoms with E-state index in [0.29, 0.717) is 6.04 Å². The van der Waals surface area contributed by atoms with Gasteiger partial charge in [0.15, 0.2) is 5.96 Å². The third-order valence-corrected chi connectivity index (χ3v) is 6.65. The van der Waals surface area contributed by atoms with Crippen LogP contribution >= 0.6 is 35.3 Å². The molecule has 7 nitrogen and oxygen atoms in total. The lowest BCUT2D eigenvalue weighted by molar-refractivity contribution is 0.0177. The predicted molar refractivity (Wildman–Crippen MR) is 133 cm³/mol. The van der Waals surface area contributed by atoms with Crippen molar-refractivity contribution in [2.75, 3.05) is 85.7 Å². The monoisotopic (exact) mass is 536 g/mol. The maximum Gasteiger partial charge on any atom is 0.191 e. The summed E-state index contributed by atoms with van der Waals surface area (Å²) < 4.78 is 5.54. The van der Waals surface area contributed by atoms with Crippen molar-refractivity contribution in [3.05, 3.63) is 22.4 Å². The highest BCUT2D eigenvalue weighted by Crippen LogP contribution is 2.25. The number of nitrogens with one attached hydrogen (secondary N) is 2. The molecule has 2 N–H and O–H groups in total. The van der Waals surface area contributed by atoms with Crippen LogP contribution in [0.4, 0.5) is 0 Å². The highest BCUT2D eigenvalue weighted by Gasteiger charge is 2.23. The van der Waals surface area contributed by atoms with Crippen LogP contribution in [0.2, 0.25) is 0 Å². The molecular weight excluding hydrogens is 499 g/mol. The van der Waals surface area contributed by atoms with Crippen molar-refractivity contribution in [2.45, 2.75) is 13.0 Å². The van der Waals surface area contributed by atoms with Crippen LogP contribution in [0.25, 0.3) is 0 Å². The molecule has 1 unspecified atom stereocenters. The van der Waals surface area contributed by atoms with Crippen LogP contribution in [0.1, 0.15) is 17.8 Å². The van der Waals surface area contributed by atoms with E-state index in [0.717, 1.165) is 58.4 Å². The molecule has 0 aliphatic carbocycles. The summed E-state index contributed by atoms with van der Waals surface area (Å²) in [6.07, 6.45) is 0. The Labute approximate surface area is 196 Å². The van der Waals surface area contributed by atoms with Crippen LogP contribution < -0.4 is 10.6 Å². The number of piperazine rings is 1. The van der Waals surface area contributed by atoms with E-state index in [4.69, 9.17) is 4.74 Å². The van der Waals surface area contributed by atoms with Gasteiger partial charge in [0.25, 0.3) is 0 Å². The van der Waals surface area contributed by atoms with Crippen molar-refractivity contribution in [1.82, 2.24) is 25.3 Å². The quantitative estimate of drug-likeness (QED) is 0.299. The first-order chi connectivity index (χ1) is 13.8. The summed E-state index contributed by atoms with van der Waals surface area (Å²) >= 11 is 1.83. The molecule has 3 rings (SSSR count). The van der Waals surface area contributed by atoms with Gasteiger partial charge in [0.2, 0.25) is 0 Å². The van der Waals surface area contributed by atoms with Crippen LogP contribution in [0, 0.1) is 0 Å². The molecule has 0 bridgehead atoms. The normalized spacial score (nSPS) is 20.8. The fourth-order valence-electron chi connectivity index (χ4n) is 3.86. The maximum absolute atomic E-state index is 5.54. The summed E-state index contributed by atoms with van der Waals surface area (Å²) in [6, 6.07) is 4.74. The van der Waals surface area contributed by atoms with Gasteiger partial charge in [-0.15, -0.1) is 35.3 Å². The highest BCUT2D eigenvalue weighted by molar-refractivity contribution is 14.0. The van der Waals surface area contributed by atoms with Gasteiger partial charge in [0, 0.05) is 70.8 Å². The zero-order valence-corrected chi connectivity index (χ0v) is 21.0. The van der Waals surface area contributed by atoms with Gasteiger partial charge in [-0.1, -0.05) is 13.0 Å². The van der Waals surface area contributed by atoms with E-state index in [2.05, 4.69) is 54.8 Å². The van der Waals surface area contributed by atoms with Crippen LogP contribution in [0.15, 0.2) is 22.5 Å². The summed E-state index contributed by atoms with van der Waals surface area (Å²) in [4.78, 5) is 13.4. The number of likely N-dealkylation sites (N-methyl/N-ethyl adjacent to an activating group) is 1. The van der Waals surface area contributed by atoms with E-state index in [1.54, 1.807) is 0 Å². The SMILES string of the molecule is CCN1CCN(CCNC(=NC)NCC(c2cccs2)N2CCOCC2)CC1.I. The molecule has 0 amide bonds. The maximum atomic E-state index is 5.54. The lowest BCUT2D eigenvalue weighted by Gasteiger charge is -2.35. The molecule has 0 radical (unpaired) electrons. The summed E-state index contributed by atoms with van der Waals surface area (Å²) in [5.41, 5.74) is 0. The van der Waals surface area contributed by atoms with Gasteiger partial charge < -0.3 is 20.3 Å². The summed E-state index contributed by atoms with van der Waals surface area (Å²) in [5, 5.41) is 9.20. The van der Waals surface area contributed by atoms with Gasteiger partial charge in [-0.3, -0.25) is 14.8 Å². The number of morpholine rings is 1. The predicted octanol–water partition coefficient (Wildman–Crippen LogP) is 1.54. The molecule has 2 fully saturated rings. The minimum Gasteiger partial charge on any atom is -0.379 e. The van der Waals surface area contributed by atoms with E-state index in [1.165, 1.54) is 31.1 Å². The Bertz CT molecular complexity index is 574. The fraction of sp³-hybridized carbons (Fsp3) is 0.750. The fourth-order valence-corrected chi connectivity index (χ4v) is 4.72. The minimum atomic E-state index is 0. The molecule has 0 spiro atoms. The summed E-state index contributed by atoms with van der Waals surface area (Å²) in [7, 11) is 1.85.